The van der Waals surface area contributed by atoms with Crippen molar-refractivity contribution in [2.24, 2.45) is 0 Å². The molecule has 0 saturated carbocycles. The van der Waals surface area contributed by atoms with Gasteiger partial charge in [0.05, 0.1) is 11.5 Å². The van der Waals surface area contributed by atoms with Crippen LogP contribution in [0.1, 0.15) is 25.8 Å². The molecule has 0 unspecified atom stereocenters. The molecule has 10 nitrogen and oxygen atoms in total. The van der Waals surface area contributed by atoms with Gasteiger partial charge in [-0.15, -0.1) is 0 Å². The molecule has 162 valence electrons. The summed E-state index contributed by atoms with van der Waals surface area (Å²) in [7, 11) is -3.17. The zero-order chi connectivity index (χ0) is 21.7. The van der Waals surface area contributed by atoms with E-state index in [4.69, 9.17) is 9.47 Å². The van der Waals surface area contributed by atoms with E-state index in [9.17, 15) is 22.8 Å². The van der Waals surface area contributed by atoms with Crippen molar-refractivity contribution in [1.29, 1.82) is 0 Å². The van der Waals surface area contributed by atoms with Gasteiger partial charge in [0.1, 0.15) is 12.1 Å². The number of ether oxygens (including phenoxy) is 2. The molecule has 1 aromatic carbocycles. The summed E-state index contributed by atoms with van der Waals surface area (Å²) in [6, 6.07) is 3.85. The molecule has 2 fully saturated rings. The molecule has 0 spiro atoms. The topological polar surface area (TPSA) is 122 Å². The first-order valence-electron chi connectivity index (χ1n) is 9.69. The molecular formula is C19H23N3O7S. The summed E-state index contributed by atoms with van der Waals surface area (Å²) in [5, 5.41) is 2.66. The molecule has 3 aliphatic rings. The third kappa shape index (κ3) is 3.36. The number of fused-ring (bicyclic) bond motifs is 1. The van der Waals surface area contributed by atoms with Crippen LogP contribution in [0.3, 0.4) is 0 Å². The predicted molar refractivity (Wildman–Crippen MR) is 105 cm³/mol. The minimum Gasteiger partial charge on any atom is -0.454 e. The lowest BCUT2D eigenvalue weighted by molar-refractivity contribution is -0.139. The Labute approximate surface area is 174 Å². The van der Waals surface area contributed by atoms with Crippen molar-refractivity contribution in [2.45, 2.75) is 31.8 Å². The minimum atomic E-state index is -3.17. The second kappa shape index (κ2) is 7.15. The van der Waals surface area contributed by atoms with Crippen LogP contribution in [0.4, 0.5) is 4.79 Å². The first-order valence-corrected chi connectivity index (χ1v) is 11.5. The van der Waals surface area contributed by atoms with Crippen molar-refractivity contribution in [1.82, 2.24) is 15.1 Å². The third-order valence-corrected chi connectivity index (χ3v) is 7.58. The van der Waals surface area contributed by atoms with Crippen molar-refractivity contribution < 1.29 is 32.3 Å². The van der Waals surface area contributed by atoms with Crippen LogP contribution in [0.15, 0.2) is 18.2 Å². The summed E-state index contributed by atoms with van der Waals surface area (Å²) in [6.45, 7) is 3.24. The van der Waals surface area contributed by atoms with E-state index < -0.39 is 45.8 Å². The normalized spacial score (nSPS) is 26.7. The number of carbonyl (C=O) groups excluding carboxylic acids is 3. The summed E-state index contributed by atoms with van der Waals surface area (Å²) in [6.07, 6.45) is 0.358. The van der Waals surface area contributed by atoms with E-state index in [-0.39, 0.29) is 18.3 Å². The fourth-order valence-electron chi connectivity index (χ4n) is 4.13. The Morgan fingerprint density at radius 3 is 2.70 bits per heavy atom. The lowest BCUT2D eigenvalue weighted by Gasteiger charge is -2.28. The van der Waals surface area contributed by atoms with E-state index in [1.165, 1.54) is 4.90 Å². The number of urea groups is 1. The van der Waals surface area contributed by atoms with Gasteiger partial charge in [0.25, 0.3) is 5.91 Å². The van der Waals surface area contributed by atoms with Gasteiger partial charge in [-0.25, -0.2) is 13.2 Å². The molecule has 1 aromatic rings. The number of sulfone groups is 1. The van der Waals surface area contributed by atoms with E-state index in [1.54, 1.807) is 32.0 Å². The lowest BCUT2D eigenvalue weighted by Crippen LogP contribution is -2.48. The molecule has 11 heteroatoms. The maximum Gasteiger partial charge on any atom is 0.325 e. The van der Waals surface area contributed by atoms with Crippen molar-refractivity contribution in [3.8, 4) is 11.5 Å². The van der Waals surface area contributed by atoms with Gasteiger partial charge in [0.15, 0.2) is 21.3 Å². The van der Waals surface area contributed by atoms with Gasteiger partial charge in [0.2, 0.25) is 12.7 Å². The molecule has 0 bridgehead atoms. The highest BCUT2D eigenvalue weighted by molar-refractivity contribution is 7.91. The summed E-state index contributed by atoms with van der Waals surface area (Å²) >= 11 is 0. The number of benzene rings is 1. The van der Waals surface area contributed by atoms with E-state index in [2.05, 4.69) is 5.32 Å². The summed E-state index contributed by atoms with van der Waals surface area (Å²) in [4.78, 5) is 40.8. The van der Waals surface area contributed by atoms with Crippen LogP contribution >= 0.6 is 0 Å². The lowest BCUT2D eigenvalue weighted by atomic mass is 9.91. The number of hydrogen-bond acceptors (Lipinski definition) is 7. The number of likely N-dealkylation sites (N-methyl/N-ethyl adjacent to an activating group) is 1. The summed E-state index contributed by atoms with van der Waals surface area (Å²) in [5.74, 6) is -0.0528. The number of carbonyl (C=O) groups is 3. The zero-order valence-corrected chi connectivity index (χ0v) is 17.5. The van der Waals surface area contributed by atoms with Gasteiger partial charge in [-0.1, -0.05) is 6.07 Å². The van der Waals surface area contributed by atoms with Gasteiger partial charge in [0, 0.05) is 12.6 Å². The van der Waals surface area contributed by atoms with E-state index in [1.807, 2.05) is 0 Å². The first kappa shape index (κ1) is 20.5. The number of hydrogen-bond donors (Lipinski definition) is 1. The Bertz CT molecular complexity index is 1020. The van der Waals surface area contributed by atoms with Gasteiger partial charge in [-0.2, -0.15) is 0 Å². The number of nitrogens with one attached hydrogen (secondary N) is 1. The monoisotopic (exact) mass is 437 g/mol. The van der Waals surface area contributed by atoms with Crippen LogP contribution < -0.4 is 14.8 Å². The number of amides is 4. The second-order valence-electron chi connectivity index (χ2n) is 7.75. The molecule has 0 radical (unpaired) electrons. The van der Waals surface area contributed by atoms with Crippen LogP contribution in [0.2, 0.25) is 0 Å². The molecular weight excluding hydrogens is 414 g/mol. The molecule has 2 saturated heterocycles. The largest absolute Gasteiger partial charge is 0.454 e. The van der Waals surface area contributed by atoms with Gasteiger partial charge in [-0.3, -0.25) is 14.5 Å². The van der Waals surface area contributed by atoms with Gasteiger partial charge < -0.3 is 19.7 Å². The standard InChI is InChI=1S/C19H23N3O7S/c1-3-21(13-6-7-30(26,27)10-13)16(23)9-22-17(24)19(2,20-18(22)25)12-4-5-14-15(8-12)29-11-28-14/h4-5,8,13H,3,6-7,9-11H2,1-2H3,(H,20,25)/t13-,19+/m0/s1. The van der Waals surface area contributed by atoms with Crippen molar-refractivity contribution in [2.75, 3.05) is 31.4 Å². The first-order chi connectivity index (χ1) is 14.1. The van der Waals surface area contributed by atoms with Crippen LogP contribution in [-0.4, -0.2) is 73.5 Å². The fourth-order valence-corrected chi connectivity index (χ4v) is 5.86. The molecule has 1 N–H and O–H groups in total. The van der Waals surface area contributed by atoms with Crippen LogP contribution in [0.25, 0.3) is 0 Å². The number of nitrogens with zero attached hydrogens (tertiary/aromatic N) is 2. The van der Waals surface area contributed by atoms with Crippen molar-refractivity contribution in [3.05, 3.63) is 23.8 Å². The molecule has 0 aliphatic carbocycles. The smallest absolute Gasteiger partial charge is 0.325 e. The maximum absolute atomic E-state index is 13.1. The predicted octanol–water partition coefficient (Wildman–Crippen LogP) is 0.218. The SMILES string of the molecule is CCN(C(=O)CN1C(=O)N[C@](C)(c2ccc3c(c2)OCO3)C1=O)[C@H]1CCS(=O)(=O)C1. The third-order valence-electron chi connectivity index (χ3n) is 5.83. The Morgan fingerprint density at radius 2 is 2.03 bits per heavy atom. The number of imide groups is 1. The Balaban J connectivity index is 1.52. The Morgan fingerprint density at radius 1 is 1.30 bits per heavy atom. The summed E-state index contributed by atoms with van der Waals surface area (Å²) in [5.41, 5.74) is -0.846. The average Bonchev–Trinajstić information content (AvgIpc) is 3.35. The highest BCUT2D eigenvalue weighted by atomic mass is 32.2. The molecule has 2 atom stereocenters. The molecule has 3 heterocycles. The van der Waals surface area contributed by atoms with Crippen LogP contribution in [-0.2, 0) is 25.0 Å². The van der Waals surface area contributed by atoms with Crippen LogP contribution in [0.5, 0.6) is 11.5 Å². The van der Waals surface area contributed by atoms with Crippen LogP contribution in [0, 0.1) is 0 Å². The van der Waals surface area contributed by atoms with Crippen molar-refractivity contribution in [3.63, 3.8) is 0 Å². The zero-order valence-electron chi connectivity index (χ0n) is 16.7. The highest BCUT2D eigenvalue weighted by Crippen LogP contribution is 2.37. The quantitative estimate of drug-likeness (QED) is 0.654. The number of rotatable bonds is 5. The molecule has 3 aliphatic heterocycles. The molecule has 0 aromatic heterocycles. The second-order valence-corrected chi connectivity index (χ2v) is 9.98. The molecule has 30 heavy (non-hydrogen) atoms. The minimum absolute atomic E-state index is 0.0345. The van der Waals surface area contributed by atoms with Crippen molar-refractivity contribution >= 4 is 27.7 Å². The van der Waals surface area contributed by atoms with E-state index in [0.29, 0.717) is 30.0 Å². The Hall–Kier alpha value is -2.82. The average molecular weight is 437 g/mol. The summed E-state index contributed by atoms with van der Waals surface area (Å²) < 4.78 is 34.2. The van der Waals surface area contributed by atoms with E-state index in [0.717, 1.165) is 4.90 Å². The maximum atomic E-state index is 13.1. The molecule has 4 rings (SSSR count). The Kier molecular flexibility index (Phi) is 4.88. The van der Waals surface area contributed by atoms with E-state index >= 15 is 0 Å². The fraction of sp³-hybridized carbons (Fsp3) is 0.526. The molecule has 4 amide bonds. The van der Waals surface area contributed by atoms with Gasteiger partial charge in [-0.05, 0) is 38.0 Å². The highest BCUT2D eigenvalue weighted by Gasteiger charge is 2.50. The van der Waals surface area contributed by atoms with Gasteiger partial charge >= 0.3 is 6.03 Å².